The Balaban J connectivity index is 1.53. The topological polar surface area (TPSA) is 58.2 Å². The van der Waals surface area contributed by atoms with Crippen molar-refractivity contribution in [2.45, 2.75) is 0 Å². The summed E-state index contributed by atoms with van der Waals surface area (Å²) in [4.78, 5) is 23.2. The standard InChI is InChI=1S/C26H23N3O2/c30-26(29-14-16-31-17-15-29)22(25-27-23-8-4-5-9-24(23)28-25)18-19-10-12-21(13-11-19)20-6-2-1-3-7-20/h1-13,18H,14-17H2,(H,27,28)/b22-18+. The molecule has 2 heterocycles. The zero-order valence-corrected chi connectivity index (χ0v) is 17.1. The van der Waals surface area contributed by atoms with Gasteiger partial charge in [-0.1, -0.05) is 66.7 Å². The summed E-state index contributed by atoms with van der Waals surface area (Å²) in [6.07, 6.45) is 1.92. The van der Waals surface area contributed by atoms with E-state index in [4.69, 9.17) is 4.74 Å². The molecule has 0 unspecified atom stereocenters. The molecule has 154 valence electrons. The van der Waals surface area contributed by atoms with Gasteiger partial charge in [-0.3, -0.25) is 4.79 Å². The van der Waals surface area contributed by atoms with E-state index >= 15 is 0 Å². The van der Waals surface area contributed by atoms with E-state index in [-0.39, 0.29) is 5.91 Å². The third-order valence-electron chi connectivity index (χ3n) is 5.50. The summed E-state index contributed by atoms with van der Waals surface area (Å²) in [5.74, 6) is 0.555. The fourth-order valence-electron chi connectivity index (χ4n) is 3.82. The van der Waals surface area contributed by atoms with E-state index in [0.29, 0.717) is 37.7 Å². The number of morpholine rings is 1. The Morgan fingerprint density at radius 3 is 2.29 bits per heavy atom. The number of fused-ring (bicyclic) bond motifs is 1. The van der Waals surface area contributed by atoms with E-state index in [9.17, 15) is 4.79 Å². The van der Waals surface area contributed by atoms with Crippen LogP contribution in [0.4, 0.5) is 0 Å². The summed E-state index contributed by atoms with van der Waals surface area (Å²) in [7, 11) is 0. The van der Waals surface area contributed by atoms with Crippen molar-refractivity contribution in [2.24, 2.45) is 0 Å². The summed E-state index contributed by atoms with van der Waals surface area (Å²) >= 11 is 0. The maximum Gasteiger partial charge on any atom is 0.257 e. The van der Waals surface area contributed by atoms with Crippen LogP contribution in [-0.4, -0.2) is 47.1 Å². The molecule has 3 aromatic carbocycles. The maximum absolute atomic E-state index is 13.4. The molecule has 1 aliphatic heterocycles. The molecule has 5 heteroatoms. The number of imidazole rings is 1. The van der Waals surface area contributed by atoms with Crippen molar-refractivity contribution >= 4 is 28.6 Å². The molecule has 1 N–H and O–H groups in total. The van der Waals surface area contributed by atoms with Gasteiger partial charge in [-0.05, 0) is 34.9 Å². The first kappa shape index (κ1) is 19.3. The second kappa shape index (κ2) is 8.58. The average Bonchev–Trinajstić information content (AvgIpc) is 3.28. The number of H-pyrrole nitrogens is 1. The van der Waals surface area contributed by atoms with Crippen LogP contribution in [0, 0.1) is 0 Å². The van der Waals surface area contributed by atoms with Crippen LogP contribution >= 0.6 is 0 Å². The number of nitrogens with one attached hydrogen (secondary N) is 1. The van der Waals surface area contributed by atoms with Crippen LogP contribution in [0.1, 0.15) is 11.4 Å². The first-order valence-corrected chi connectivity index (χ1v) is 10.5. The Morgan fingerprint density at radius 2 is 1.55 bits per heavy atom. The molecule has 1 fully saturated rings. The van der Waals surface area contributed by atoms with E-state index < -0.39 is 0 Å². The molecular weight excluding hydrogens is 386 g/mol. The van der Waals surface area contributed by atoms with Crippen molar-refractivity contribution in [1.82, 2.24) is 14.9 Å². The van der Waals surface area contributed by atoms with Gasteiger partial charge in [0.25, 0.3) is 5.91 Å². The quantitative estimate of drug-likeness (QED) is 0.500. The number of amides is 1. The number of para-hydroxylation sites is 2. The molecular formula is C26H23N3O2. The van der Waals surface area contributed by atoms with Crippen LogP contribution in [0.15, 0.2) is 78.9 Å². The molecule has 5 nitrogen and oxygen atoms in total. The number of carbonyl (C=O) groups excluding carboxylic acids is 1. The molecule has 1 aromatic heterocycles. The third kappa shape index (κ3) is 4.13. The van der Waals surface area contributed by atoms with Crippen molar-refractivity contribution in [3.05, 3.63) is 90.3 Å². The second-order valence-corrected chi connectivity index (χ2v) is 7.55. The number of carbonyl (C=O) groups is 1. The minimum Gasteiger partial charge on any atom is -0.378 e. The summed E-state index contributed by atoms with van der Waals surface area (Å²) in [6, 6.07) is 26.3. The van der Waals surface area contributed by atoms with Crippen LogP contribution < -0.4 is 0 Å². The molecule has 1 amide bonds. The SMILES string of the molecule is O=C(/C(=C/c1ccc(-c2ccccc2)cc1)c1nc2ccccc2[nH]1)N1CCOCC1. The first-order chi connectivity index (χ1) is 15.3. The highest BCUT2D eigenvalue weighted by atomic mass is 16.5. The molecule has 5 rings (SSSR count). The van der Waals surface area contributed by atoms with Crippen molar-refractivity contribution in [3.8, 4) is 11.1 Å². The Bertz CT molecular complexity index is 1190. The lowest BCUT2D eigenvalue weighted by Crippen LogP contribution is -2.41. The number of rotatable bonds is 4. The van der Waals surface area contributed by atoms with Crippen LogP contribution in [0.3, 0.4) is 0 Å². The van der Waals surface area contributed by atoms with Crippen LogP contribution in [0.25, 0.3) is 33.8 Å². The molecule has 0 saturated carbocycles. The molecule has 1 saturated heterocycles. The fraction of sp³-hybridized carbons (Fsp3) is 0.154. The highest BCUT2D eigenvalue weighted by Gasteiger charge is 2.24. The normalized spacial score (nSPS) is 14.7. The lowest BCUT2D eigenvalue weighted by atomic mass is 10.0. The Labute approximate surface area is 181 Å². The zero-order chi connectivity index (χ0) is 21.0. The van der Waals surface area contributed by atoms with Crippen molar-refractivity contribution in [3.63, 3.8) is 0 Å². The predicted octanol–water partition coefficient (Wildman–Crippen LogP) is 4.63. The lowest BCUT2D eigenvalue weighted by molar-refractivity contribution is -0.128. The number of ether oxygens (including phenoxy) is 1. The van der Waals surface area contributed by atoms with Gasteiger partial charge in [-0.25, -0.2) is 4.98 Å². The maximum atomic E-state index is 13.4. The van der Waals surface area contributed by atoms with Gasteiger partial charge in [-0.2, -0.15) is 0 Å². The lowest BCUT2D eigenvalue weighted by Gasteiger charge is -2.27. The Morgan fingerprint density at radius 1 is 0.871 bits per heavy atom. The van der Waals surface area contributed by atoms with Gasteiger partial charge in [0.15, 0.2) is 0 Å². The van der Waals surface area contributed by atoms with Gasteiger partial charge >= 0.3 is 0 Å². The summed E-state index contributed by atoms with van der Waals surface area (Å²) in [5.41, 5.74) is 5.58. The second-order valence-electron chi connectivity index (χ2n) is 7.55. The molecule has 0 aliphatic carbocycles. The van der Waals surface area contributed by atoms with Crippen LogP contribution in [0.2, 0.25) is 0 Å². The van der Waals surface area contributed by atoms with Gasteiger partial charge < -0.3 is 14.6 Å². The predicted molar refractivity (Wildman–Crippen MR) is 123 cm³/mol. The molecule has 0 radical (unpaired) electrons. The van der Waals surface area contributed by atoms with Gasteiger partial charge in [0.1, 0.15) is 5.82 Å². The van der Waals surface area contributed by atoms with E-state index in [1.54, 1.807) is 0 Å². The Hall–Kier alpha value is -3.70. The molecule has 1 aliphatic rings. The van der Waals surface area contributed by atoms with Crippen LogP contribution in [-0.2, 0) is 9.53 Å². The van der Waals surface area contributed by atoms with Gasteiger partial charge in [0.05, 0.1) is 29.8 Å². The first-order valence-electron chi connectivity index (χ1n) is 10.5. The minimum atomic E-state index is -0.0329. The van der Waals surface area contributed by atoms with Crippen molar-refractivity contribution in [1.29, 1.82) is 0 Å². The highest BCUT2D eigenvalue weighted by molar-refractivity contribution is 6.23. The molecule has 0 bridgehead atoms. The molecule has 0 spiro atoms. The van der Waals surface area contributed by atoms with Gasteiger partial charge in [0.2, 0.25) is 0 Å². The summed E-state index contributed by atoms with van der Waals surface area (Å²) < 4.78 is 5.42. The monoisotopic (exact) mass is 409 g/mol. The smallest absolute Gasteiger partial charge is 0.257 e. The van der Waals surface area contributed by atoms with E-state index in [2.05, 4.69) is 34.2 Å². The largest absolute Gasteiger partial charge is 0.378 e. The number of aromatic amines is 1. The van der Waals surface area contributed by atoms with E-state index in [1.807, 2.05) is 65.6 Å². The fourth-order valence-corrected chi connectivity index (χ4v) is 3.82. The van der Waals surface area contributed by atoms with Crippen molar-refractivity contribution < 1.29 is 9.53 Å². The number of benzene rings is 3. The van der Waals surface area contributed by atoms with Gasteiger partial charge in [0, 0.05) is 13.1 Å². The van der Waals surface area contributed by atoms with Crippen molar-refractivity contribution in [2.75, 3.05) is 26.3 Å². The van der Waals surface area contributed by atoms with E-state index in [0.717, 1.165) is 22.2 Å². The third-order valence-corrected chi connectivity index (χ3v) is 5.50. The minimum absolute atomic E-state index is 0.0329. The van der Waals surface area contributed by atoms with E-state index in [1.165, 1.54) is 5.56 Å². The molecule has 31 heavy (non-hydrogen) atoms. The van der Waals surface area contributed by atoms with Crippen LogP contribution in [0.5, 0.6) is 0 Å². The number of hydrogen-bond donors (Lipinski definition) is 1. The number of aromatic nitrogens is 2. The summed E-state index contributed by atoms with van der Waals surface area (Å²) in [5, 5.41) is 0. The zero-order valence-electron chi connectivity index (χ0n) is 17.1. The molecule has 0 atom stereocenters. The molecule has 4 aromatic rings. The number of nitrogens with zero attached hydrogens (tertiary/aromatic N) is 2. The summed E-state index contributed by atoms with van der Waals surface area (Å²) in [6.45, 7) is 2.29. The average molecular weight is 409 g/mol. The van der Waals surface area contributed by atoms with Gasteiger partial charge in [-0.15, -0.1) is 0 Å². The Kier molecular flexibility index (Phi) is 5.33. The highest BCUT2D eigenvalue weighted by Crippen LogP contribution is 2.24. The number of hydrogen-bond acceptors (Lipinski definition) is 3.